The molecule has 0 aromatic heterocycles. The highest BCUT2D eigenvalue weighted by Gasteiger charge is 2.48. The van der Waals surface area contributed by atoms with Crippen molar-refractivity contribution in [3.63, 3.8) is 0 Å². The minimum absolute atomic E-state index is 0.0203. The predicted molar refractivity (Wildman–Crippen MR) is 50.4 cm³/mol. The van der Waals surface area contributed by atoms with E-state index >= 15 is 0 Å². The van der Waals surface area contributed by atoms with Crippen LogP contribution in [0.1, 0.15) is 39.5 Å². The molecule has 13 heavy (non-hydrogen) atoms. The molecule has 0 amide bonds. The molecular formula is C11H18O2. The highest BCUT2D eigenvalue weighted by Crippen LogP contribution is 2.53. The van der Waals surface area contributed by atoms with Gasteiger partial charge in [-0.3, -0.25) is 4.79 Å². The average Bonchev–Trinajstić information content (AvgIpc) is 2.23. The molecule has 2 saturated carbocycles. The van der Waals surface area contributed by atoms with Crippen LogP contribution in [0.2, 0.25) is 0 Å². The molecule has 2 fully saturated rings. The van der Waals surface area contributed by atoms with Gasteiger partial charge in [0, 0.05) is 0 Å². The molecule has 0 aliphatic heterocycles. The second-order valence-corrected chi connectivity index (χ2v) is 5.53. The van der Waals surface area contributed by atoms with Gasteiger partial charge < -0.3 is 5.11 Å². The number of carbonyl (C=O) groups is 1. The normalized spacial score (nSPS) is 41.8. The van der Waals surface area contributed by atoms with Crippen LogP contribution in [0, 0.1) is 23.2 Å². The summed E-state index contributed by atoms with van der Waals surface area (Å²) in [6.45, 7) is 4.55. The minimum Gasteiger partial charge on any atom is -0.481 e. The zero-order valence-electron chi connectivity index (χ0n) is 8.42. The van der Waals surface area contributed by atoms with Crippen molar-refractivity contribution in [1.82, 2.24) is 0 Å². The molecule has 2 aliphatic carbocycles. The number of carboxylic acids is 1. The highest BCUT2D eigenvalue weighted by molar-refractivity contribution is 5.71. The van der Waals surface area contributed by atoms with E-state index in [1.165, 1.54) is 0 Å². The van der Waals surface area contributed by atoms with Gasteiger partial charge in [-0.25, -0.2) is 0 Å². The van der Waals surface area contributed by atoms with Crippen LogP contribution in [0.4, 0.5) is 0 Å². The van der Waals surface area contributed by atoms with Crippen LogP contribution in [0.5, 0.6) is 0 Å². The van der Waals surface area contributed by atoms with Crippen LogP contribution < -0.4 is 0 Å². The molecule has 2 unspecified atom stereocenters. The van der Waals surface area contributed by atoms with Gasteiger partial charge in [0.25, 0.3) is 0 Å². The van der Waals surface area contributed by atoms with Crippen LogP contribution in [-0.2, 0) is 4.79 Å². The Balaban J connectivity index is 2.18. The quantitative estimate of drug-likeness (QED) is 0.676. The lowest BCUT2D eigenvalue weighted by Gasteiger charge is -2.38. The van der Waals surface area contributed by atoms with Gasteiger partial charge >= 0.3 is 5.97 Å². The third kappa shape index (κ3) is 1.47. The number of carboxylic acid groups (broad SMARTS) is 1. The number of fused-ring (bicyclic) bond motifs is 2. The first-order valence-corrected chi connectivity index (χ1v) is 5.22. The molecule has 2 bridgehead atoms. The first kappa shape index (κ1) is 9.04. The van der Waals surface area contributed by atoms with E-state index in [1.807, 2.05) is 0 Å². The minimum atomic E-state index is -0.553. The van der Waals surface area contributed by atoms with Crippen LogP contribution in [-0.4, -0.2) is 11.1 Å². The van der Waals surface area contributed by atoms with Gasteiger partial charge in [-0.05, 0) is 42.9 Å². The smallest absolute Gasteiger partial charge is 0.307 e. The van der Waals surface area contributed by atoms with E-state index in [9.17, 15) is 4.79 Å². The highest BCUT2D eigenvalue weighted by atomic mass is 16.4. The van der Waals surface area contributed by atoms with Crippen LogP contribution >= 0.6 is 0 Å². The van der Waals surface area contributed by atoms with E-state index in [0.717, 1.165) is 25.7 Å². The second kappa shape index (κ2) is 2.73. The molecule has 2 heteroatoms. The zero-order chi connectivity index (χ0) is 9.64. The van der Waals surface area contributed by atoms with Crippen LogP contribution in [0.3, 0.4) is 0 Å². The summed E-state index contributed by atoms with van der Waals surface area (Å²) >= 11 is 0. The molecule has 2 atom stereocenters. The lowest BCUT2D eigenvalue weighted by atomic mass is 9.66. The fourth-order valence-electron chi connectivity index (χ4n) is 3.54. The summed E-state index contributed by atoms with van der Waals surface area (Å²) < 4.78 is 0. The Morgan fingerprint density at radius 3 is 2.08 bits per heavy atom. The average molecular weight is 182 g/mol. The number of rotatable bonds is 1. The van der Waals surface area contributed by atoms with E-state index in [-0.39, 0.29) is 5.92 Å². The summed E-state index contributed by atoms with van der Waals surface area (Å²) in [7, 11) is 0. The third-order valence-corrected chi connectivity index (χ3v) is 3.84. The summed E-state index contributed by atoms with van der Waals surface area (Å²) in [5.41, 5.74) is 0.387. The van der Waals surface area contributed by atoms with Crippen molar-refractivity contribution in [2.24, 2.45) is 23.2 Å². The molecule has 0 aromatic rings. The van der Waals surface area contributed by atoms with Crippen LogP contribution in [0.25, 0.3) is 0 Å². The van der Waals surface area contributed by atoms with E-state index in [4.69, 9.17) is 5.11 Å². The Kier molecular flexibility index (Phi) is 1.90. The van der Waals surface area contributed by atoms with Gasteiger partial charge in [0.2, 0.25) is 0 Å². The first-order valence-electron chi connectivity index (χ1n) is 5.22. The Morgan fingerprint density at radius 1 is 1.23 bits per heavy atom. The van der Waals surface area contributed by atoms with Gasteiger partial charge in [0.1, 0.15) is 0 Å². The summed E-state index contributed by atoms with van der Waals surface area (Å²) in [6, 6.07) is 0. The number of hydrogen-bond acceptors (Lipinski definition) is 1. The Labute approximate surface area is 79.3 Å². The Bertz CT molecular complexity index is 216. The molecule has 2 rings (SSSR count). The predicted octanol–water partition coefficient (Wildman–Crippen LogP) is 2.53. The van der Waals surface area contributed by atoms with Gasteiger partial charge in [0.05, 0.1) is 5.92 Å². The molecule has 1 N–H and O–H groups in total. The maximum atomic E-state index is 11.0. The van der Waals surface area contributed by atoms with Crippen molar-refractivity contribution in [3.8, 4) is 0 Å². The molecular weight excluding hydrogens is 164 g/mol. The Hall–Kier alpha value is -0.530. The van der Waals surface area contributed by atoms with Crippen LogP contribution in [0.15, 0.2) is 0 Å². The topological polar surface area (TPSA) is 37.3 Å². The molecule has 74 valence electrons. The monoisotopic (exact) mass is 182 g/mol. The molecule has 0 saturated heterocycles. The Morgan fingerprint density at radius 2 is 1.69 bits per heavy atom. The van der Waals surface area contributed by atoms with Crippen molar-refractivity contribution in [2.75, 3.05) is 0 Å². The summed E-state index contributed by atoms with van der Waals surface area (Å²) in [6.07, 6.45) is 4.51. The van der Waals surface area contributed by atoms with E-state index in [0.29, 0.717) is 17.3 Å². The van der Waals surface area contributed by atoms with E-state index < -0.39 is 5.97 Å². The maximum absolute atomic E-state index is 11.0. The number of aliphatic carboxylic acids is 1. The standard InChI is InChI=1S/C11H18O2/c1-11(2)5-7-3-4-8(6-11)9(7)10(12)13/h7-9H,3-6H2,1-2H3,(H,12,13). The molecule has 0 heterocycles. The maximum Gasteiger partial charge on any atom is 0.307 e. The largest absolute Gasteiger partial charge is 0.481 e. The lowest BCUT2D eigenvalue weighted by molar-refractivity contribution is -0.146. The molecule has 0 aromatic carbocycles. The molecule has 0 spiro atoms. The van der Waals surface area contributed by atoms with Gasteiger partial charge in [-0.2, -0.15) is 0 Å². The lowest BCUT2D eigenvalue weighted by Crippen LogP contribution is -2.35. The van der Waals surface area contributed by atoms with E-state index in [1.54, 1.807) is 0 Å². The fourth-order valence-corrected chi connectivity index (χ4v) is 3.54. The summed E-state index contributed by atoms with van der Waals surface area (Å²) in [4.78, 5) is 11.0. The van der Waals surface area contributed by atoms with Gasteiger partial charge in [0.15, 0.2) is 0 Å². The molecule has 2 aliphatic rings. The fraction of sp³-hybridized carbons (Fsp3) is 0.909. The van der Waals surface area contributed by atoms with Crippen molar-refractivity contribution in [3.05, 3.63) is 0 Å². The third-order valence-electron chi connectivity index (χ3n) is 3.84. The zero-order valence-corrected chi connectivity index (χ0v) is 8.42. The molecule has 2 nitrogen and oxygen atoms in total. The first-order chi connectivity index (χ1) is 5.99. The summed E-state index contributed by atoms with van der Waals surface area (Å²) in [5.74, 6) is 0.355. The SMILES string of the molecule is CC1(C)CC2CCC(C1)C2C(=O)O. The second-order valence-electron chi connectivity index (χ2n) is 5.53. The number of hydrogen-bond donors (Lipinski definition) is 1. The van der Waals surface area contributed by atoms with Crippen molar-refractivity contribution in [2.45, 2.75) is 39.5 Å². The van der Waals surface area contributed by atoms with Gasteiger partial charge in [-0.1, -0.05) is 13.8 Å². The van der Waals surface area contributed by atoms with Crippen molar-refractivity contribution in [1.29, 1.82) is 0 Å². The summed E-state index contributed by atoms with van der Waals surface area (Å²) in [5, 5.41) is 9.09. The van der Waals surface area contributed by atoms with Crippen molar-refractivity contribution >= 4 is 5.97 Å². The van der Waals surface area contributed by atoms with E-state index in [2.05, 4.69) is 13.8 Å². The molecule has 0 radical (unpaired) electrons. The van der Waals surface area contributed by atoms with Gasteiger partial charge in [-0.15, -0.1) is 0 Å². The van der Waals surface area contributed by atoms with Crippen molar-refractivity contribution < 1.29 is 9.90 Å².